The number of amides is 1. The third kappa shape index (κ3) is 4.11. The molecule has 0 aliphatic carbocycles. The highest BCUT2D eigenvalue weighted by molar-refractivity contribution is 6.34. The summed E-state index contributed by atoms with van der Waals surface area (Å²) in [4.78, 5) is 14.6. The van der Waals surface area contributed by atoms with Crippen LogP contribution in [0.5, 0.6) is 0 Å². The van der Waals surface area contributed by atoms with Crippen molar-refractivity contribution in [2.45, 2.75) is 39.2 Å². The largest absolute Gasteiger partial charge is 0.399 e. The molecule has 1 amide bonds. The van der Waals surface area contributed by atoms with Crippen LogP contribution in [0.3, 0.4) is 0 Å². The molecule has 0 spiro atoms. The van der Waals surface area contributed by atoms with E-state index >= 15 is 0 Å². The molecule has 4 nitrogen and oxygen atoms in total. The summed E-state index contributed by atoms with van der Waals surface area (Å²) in [6.07, 6.45) is 3.64. The fourth-order valence-electron chi connectivity index (χ4n) is 2.89. The fraction of sp³-hybridized carbons (Fsp3) is 0.562. The molecule has 0 saturated carbocycles. The van der Waals surface area contributed by atoms with Crippen molar-refractivity contribution in [1.82, 2.24) is 4.90 Å². The van der Waals surface area contributed by atoms with Gasteiger partial charge in [0.2, 0.25) is 5.91 Å². The molecule has 0 radical (unpaired) electrons. The van der Waals surface area contributed by atoms with Crippen molar-refractivity contribution in [1.29, 1.82) is 0 Å². The molecule has 5 heteroatoms. The van der Waals surface area contributed by atoms with Gasteiger partial charge < -0.3 is 11.1 Å². The quantitative estimate of drug-likeness (QED) is 0.820. The average Bonchev–Trinajstić information content (AvgIpc) is 2.90. The van der Waals surface area contributed by atoms with Gasteiger partial charge >= 0.3 is 0 Å². The second kappa shape index (κ2) is 7.14. The van der Waals surface area contributed by atoms with Crippen molar-refractivity contribution in [2.24, 2.45) is 5.92 Å². The van der Waals surface area contributed by atoms with E-state index in [9.17, 15) is 4.79 Å². The number of hydrogen-bond donors (Lipinski definition) is 2. The van der Waals surface area contributed by atoms with Crippen molar-refractivity contribution >= 4 is 28.9 Å². The van der Waals surface area contributed by atoms with Crippen LogP contribution in [0, 0.1) is 5.92 Å². The number of nitrogen functional groups attached to an aromatic ring is 1. The number of nitrogens with one attached hydrogen (secondary N) is 1. The minimum atomic E-state index is -0.138. The molecule has 2 rings (SSSR count). The fourth-order valence-corrected chi connectivity index (χ4v) is 3.13. The lowest BCUT2D eigenvalue weighted by Gasteiger charge is -2.23. The Morgan fingerprint density at radius 1 is 1.57 bits per heavy atom. The minimum absolute atomic E-state index is 0.0150. The van der Waals surface area contributed by atoms with Crippen LogP contribution in [-0.2, 0) is 4.79 Å². The molecule has 2 atom stereocenters. The van der Waals surface area contributed by atoms with Gasteiger partial charge in [-0.15, -0.1) is 0 Å². The number of likely N-dealkylation sites (tertiary alicyclic amines) is 1. The molecule has 21 heavy (non-hydrogen) atoms. The van der Waals surface area contributed by atoms with E-state index < -0.39 is 0 Å². The zero-order valence-corrected chi connectivity index (χ0v) is 13.5. The average molecular weight is 310 g/mol. The molecule has 1 fully saturated rings. The van der Waals surface area contributed by atoms with Crippen molar-refractivity contribution in [3.8, 4) is 0 Å². The van der Waals surface area contributed by atoms with Crippen LogP contribution in [0.2, 0.25) is 5.02 Å². The van der Waals surface area contributed by atoms with E-state index in [1.165, 1.54) is 19.3 Å². The van der Waals surface area contributed by atoms with Crippen LogP contribution >= 0.6 is 11.6 Å². The number of nitrogens with zero attached hydrogens (tertiary/aromatic N) is 1. The molecule has 116 valence electrons. The topological polar surface area (TPSA) is 58.4 Å². The van der Waals surface area contributed by atoms with Crippen LogP contribution in [-0.4, -0.2) is 29.9 Å². The molecule has 1 aliphatic heterocycles. The van der Waals surface area contributed by atoms with Gasteiger partial charge in [-0.05, 0) is 50.4 Å². The number of rotatable bonds is 5. The lowest BCUT2D eigenvalue weighted by molar-refractivity contribution is -0.120. The molecular formula is C16H24ClN3O. The predicted molar refractivity (Wildman–Crippen MR) is 88.5 cm³/mol. The highest BCUT2D eigenvalue weighted by atomic mass is 35.5. The van der Waals surface area contributed by atoms with E-state index in [0.717, 1.165) is 19.0 Å². The first-order valence-corrected chi connectivity index (χ1v) is 7.99. The summed E-state index contributed by atoms with van der Waals surface area (Å²) in [6, 6.07) is 4.99. The van der Waals surface area contributed by atoms with Crippen molar-refractivity contribution in [3.05, 3.63) is 23.2 Å². The summed E-state index contributed by atoms with van der Waals surface area (Å²) in [5.74, 6) is 0.712. The summed E-state index contributed by atoms with van der Waals surface area (Å²) in [7, 11) is 0. The smallest absolute Gasteiger partial charge is 0.241 e. The zero-order valence-electron chi connectivity index (χ0n) is 12.7. The Bertz CT molecular complexity index is 506. The number of nitrogens with two attached hydrogens (primary N) is 1. The Morgan fingerprint density at radius 3 is 3.00 bits per heavy atom. The van der Waals surface area contributed by atoms with Crippen LogP contribution in [0.4, 0.5) is 11.4 Å². The molecular weight excluding hydrogens is 286 g/mol. The Labute approximate surface area is 131 Å². The van der Waals surface area contributed by atoms with Crippen LogP contribution in [0.1, 0.15) is 33.1 Å². The summed E-state index contributed by atoms with van der Waals surface area (Å²) in [6.45, 7) is 6.17. The minimum Gasteiger partial charge on any atom is -0.399 e. The Kier molecular flexibility index (Phi) is 5.48. The van der Waals surface area contributed by atoms with E-state index in [-0.39, 0.29) is 11.9 Å². The van der Waals surface area contributed by atoms with E-state index in [1.54, 1.807) is 18.2 Å². The van der Waals surface area contributed by atoms with Gasteiger partial charge in [0.15, 0.2) is 0 Å². The van der Waals surface area contributed by atoms with Crippen LogP contribution < -0.4 is 11.1 Å². The maximum Gasteiger partial charge on any atom is 0.241 e. The first kappa shape index (κ1) is 16.1. The molecule has 1 aromatic rings. The highest BCUT2D eigenvalue weighted by Gasteiger charge is 2.29. The maximum absolute atomic E-state index is 12.4. The van der Waals surface area contributed by atoms with Gasteiger partial charge in [0.25, 0.3) is 0 Å². The number of carbonyl (C=O) groups excluding carboxylic acids is 1. The van der Waals surface area contributed by atoms with Crippen molar-refractivity contribution in [2.75, 3.05) is 24.1 Å². The number of hydrogen-bond acceptors (Lipinski definition) is 3. The number of halogens is 1. The van der Waals surface area contributed by atoms with Gasteiger partial charge in [0.1, 0.15) is 0 Å². The van der Waals surface area contributed by atoms with Gasteiger partial charge in [-0.3, -0.25) is 9.69 Å². The number of anilines is 2. The van der Waals surface area contributed by atoms with E-state index in [2.05, 4.69) is 17.1 Å². The predicted octanol–water partition coefficient (Wildman–Crippen LogP) is 3.37. The lowest BCUT2D eigenvalue weighted by atomic mass is 10.0. The number of carbonyl (C=O) groups is 1. The zero-order chi connectivity index (χ0) is 15.4. The Hall–Kier alpha value is -1.26. The van der Waals surface area contributed by atoms with Crippen molar-refractivity contribution in [3.63, 3.8) is 0 Å². The van der Waals surface area contributed by atoms with Crippen LogP contribution in [0.15, 0.2) is 18.2 Å². The summed E-state index contributed by atoms with van der Waals surface area (Å²) in [5.41, 5.74) is 6.86. The summed E-state index contributed by atoms with van der Waals surface area (Å²) in [5, 5.41) is 3.37. The molecule has 0 bridgehead atoms. The summed E-state index contributed by atoms with van der Waals surface area (Å²) >= 11 is 6.09. The molecule has 1 saturated heterocycles. The molecule has 3 N–H and O–H groups in total. The van der Waals surface area contributed by atoms with E-state index in [0.29, 0.717) is 16.4 Å². The van der Waals surface area contributed by atoms with Gasteiger partial charge in [-0.2, -0.15) is 0 Å². The van der Waals surface area contributed by atoms with Gasteiger partial charge in [-0.1, -0.05) is 24.9 Å². The Balaban J connectivity index is 1.94. The van der Waals surface area contributed by atoms with Gasteiger partial charge in [0, 0.05) is 12.2 Å². The van der Waals surface area contributed by atoms with Gasteiger partial charge in [0.05, 0.1) is 16.8 Å². The highest BCUT2D eigenvalue weighted by Crippen LogP contribution is 2.26. The second-order valence-corrected chi connectivity index (χ2v) is 6.25. The summed E-state index contributed by atoms with van der Waals surface area (Å²) < 4.78 is 0. The molecule has 1 heterocycles. The Morgan fingerprint density at radius 2 is 2.33 bits per heavy atom. The van der Waals surface area contributed by atoms with Gasteiger partial charge in [-0.25, -0.2) is 0 Å². The SMILES string of the molecule is CCCC1CCN(C(C)C(=O)Nc2ccc(N)cc2Cl)C1. The lowest BCUT2D eigenvalue weighted by Crippen LogP contribution is -2.40. The first-order valence-electron chi connectivity index (χ1n) is 7.61. The molecule has 0 aromatic heterocycles. The van der Waals surface area contributed by atoms with Crippen molar-refractivity contribution < 1.29 is 4.79 Å². The molecule has 2 unspecified atom stereocenters. The first-order chi connectivity index (χ1) is 10.0. The maximum atomic E-state index is 12.4. The molecule has 1 aliphatic rings. The van der Waals surface area contributed by atoms with E-state index in [1.807, 2.05) is 6.92 Å². The number of benzene rings is 1. The third-order valence-electron chi connectivity index (χ3n) is 4.19. The third-order valence-corrected chi connectivity index (χ3v) is 4.51. The van der Waals surface area contributed by atoms with Crippen LogP contribution in [0.25, 0.3) is 0 Å². The standard InChI is InChI=1S/C16H24ClN3O/c1-3-4-12-7-8-20(10-12)11(2)16(21)19-15-6-5-13(18)9-14(15)17/h5-6,9,11-12H,3-4,7-8,10,18H2,1-2H3,(H,19,21). The van der Waals surface area contributed by atoms with E-state index in [4.69, 9.17) is 17.3 Å². The second-order valence-electron chi connectivity index (χ2n) is 5.84. The molecule has 1 aromatic carbocycles. The monoisotopic (exact) mass is 309 g/mol. The normalized spacial score (nSPS) is 20.4.